The third-order valence-corrected chi connectivity index (χ3v) is 3.57. The molecule has 0 atom stereocenters. The fraction of sp³-hybridized carbons (Fsp3) is 0. The molecule has 0 amide bonds. The first-order valence-electron chi connectivity index (χ1n) is 6.94. The number of rotatable bonds is 3. The highest BCUT2D eigenvalue weighted by atomic mass is 16.4. The van der Waals surface area contributed by atoms with E-state index in [4.69, 9.17) is 10.8 Å². The minimum atomic E-state index is -0.924. The largest absolute Gasteiger partial charge is 0.478 e. The molecule has 108 valence electrons. The van der Waals surface area contributed by atoms with E-state index >= 15 is 0 Å². The van der Waals surface area contributed by atoms with Crippen LogP contribution in [0.4, 0.5) is 5.69 Å². The maximum atomic E-state index is 11.2. The van der Waals surface area contributed by atoms with Crippen molar-refractivity contribution in [2.75, 3.05) is 5.73 Å². The SMILES string of the molecule is Nc1ccc(-c2ccccc2-c2cccc(C(=O)O)c2)cc1. The van der Waals surface area contributed by atoms with Crippen LogP contribution in [0, 0.1) is 0 Å². The maximum absolute atomic E-state index is 11.2. The van der Waals surface area contributed by atoms with Gasteiger partial charge in [-0.05, 0) is 46.5 Å². The van der Waals surface area contributed by atoms with Crippen LogP contribution in [0.25, 0.3) is 22.3 Å². The number of carboxylic acids is 1. The predicted molar refractivity (Wildman–Crippen MR) is 88.7 cm³/mol. The van der Waals surface area contributed by atoms with E-state index < -0.39 is 5.97 Å². The highest BCUT2D eigenvalue weighted by Crippen LogP contribution is 2.32. The molecule has 0 heterocycles. The van der Waals surface area contributed by atoms with Gasteiger partial charge in [0.05, 0.1) is 5.56 Å². The van der Waals surface area contributed by atoms with Crippen LogP contribution in [0.15, 0.2) is 72.8 Å². The monoisotopic (exact) mass is 289 g/mol. The van der Waals surface area contributed by atoms with Gasteiger partial charge in [0.1, 0.15) is 0 Å². The summed E-state index contributed by atoms with van der Waals surface area (Å²) >= 11 is 0. The lowest BCUT2D eigenvalue weighted by Crippen LogP contribution is -1.96. The van der Waals surface area contributed by atoms with E-state index in [0.717, 1.165) is 22.3 Å². The number of carboxylic acid groups (broad SMARTS) is 1. The minimum absolute atomic E-state index is 0.282. The number of hydrogen-bond donors (Lipinski definition) is 2. The molecular weight excluding hydrogens is 274 g/mol. The van der Waals surface area contributed by atoms with Crippen LogP contribution >= 0.6 is 0 Å². The van der Waals surface area contributed by atoms with Crippen LogP contribution in [-0.2, 0) is 0 Å². The van der Waals surface area contributed by atoms with Gasteiger partial charge in [-0.25, -0.2) is 4.79 Å². The molecule has 0 aliphatic heterocycles. The first-order chi connectivity index (χ1) is 10.6. The van der Waals surface area contributed by atoms with E-state index in [1.165, 1.54) is 0 Å². The number of anilines is 1. The first-order valence-corrected chi connectivity index (χ1v) is 6.94. The number of nitrogens with two attached hydrogens (primary N) is 1. The van der Waals surface area contributed by atoms with Gasteiger partial charge in [-0.1, -0.05) is 48.5 Å². The topological polar surface area (TPSA) is 63.3 Å². The quantitative estimate of drug-likeness (QED) is 0.706. The second-order valence-electron chi connectivity index (χ2n) is 5.05. The third-order valence-electron chi connectivity index (χ3n) is 3.57. The predicted octanol–water partition coefficient (Wildman–Crippen LogP) is 4.30. The number of aromatic carboxylic acids is 1. The smallest absolute Gasteiger partial charge is 0.335 e. The van der Waals surface area contributed by atoms with Gasteiger partial charge in [0, 0.05) is 5.69 Å². The molecule has 0 aliphatic carbocycles. The van der Waals surface area contributed by atoms with E-state index in [9.17, 15) is 4.79 Å². The standard InChI is InChI=1S/C19H15NO2/c20-16-10-8-13(9-11-16)17-6-1-2-7-18(17)14-4-3-5-15(12-14)19(21)22/h1-12H,20H2,(H,21,22). The number of carbonyl (C=O) groups is 1. The Morgan fingerprint density at radius 1 is 0.773 bits per heavy atom. The van der Waals surface area contributed by atoms with Crippen LogP contribution in [0.1, 0.15) is 10.4 Å². The summed E-state index contributed by atoms with van der Waals surface area (Å²) in [6, 6.07) is 22.6. The number of nitrogen functional groups attached to an aromatic ring is 1. The van der Waals surface area contributed by atoms with Gasteiger partial charge in [0.15, 0.2) is 0 Å². The minimum Gasteiger partial charge on any atom is -0.478 e. The molecular formula is C19H15NO2. The van der Waals surface area contributed by atoms with Crippen molar-refractivity contribution in [2.24, 2.45) is 0 Å². The molecule has 3 rings (SSSR count). The van der Waals surface area contributed by atoms with Gasteiger partial charge in [0.25, 0.3) is 0 Å². The molecule has 0 unspecified atom stereocenters. The number of benzene rings is 3. The molecule has 3 heteroatoms. The fourth-order valence-corrected chi connectivity index (χ4v) is 2.47. The van der Waals surface area contributed by atoms with Crippen LogP contribution in [0.5, 0.6) is 0 Å². The Labute approximate surface area is 128 Å². The zero-order valence-corrected chi connectivity index (χ0v) is 11.9. The third kappa shape index (κ3) is 2.69. The number of hydrogen-bond acceptors (Lipinski definition) is 2. The van der Waals surface area contributed by atoms with Crippen molar-refractivity contribution in [3.63, 3.8) is 0 Å². The van der Waals surface area contributed by atoms with E-state index in [0.29, 0.717) is 5.69 Å². The van der Waals surface area contributed by atoms with Crippen molar-refractivity contribution in [2.45, 2.75) is 0 Å². The van der Waals surface area contributed by atoms with Crippen LogP contribution in [0.3, 0.4) is 0 Å². The Bertz CT molecular complexity index is 823. The molecule has 0 saturated carbocycles. The van der Waals surface area contributed by atoms with Crippen molar-refractivity contribution >= 4 is 11.7 Å². The molecule has 0 radical (unpaired) electrons. The Hall–Kier alpha value is -3.07. The first kappa shape index (κ1) is 13.9. The highest BCUT2D eigenvalue weighted by molar-refractivity contribution is 5.91. The Morgan fingerprint density at radius 3 is 2.05 bits per heavy atom. The van der Waals surface area contributed by atoms with Gasteiger partial charge >= 0.3 is 5.97 Å². The van der Waals surface area contributed by atoms with Crippen molar-refractivity contribution < 1.29 is 9.90 Å². The van der Waals surface area contributed by atoms with Crippen LogP contribution in [0.2, 0.25) is 0 Å². The summed E-state index contributed by atoms with van der Waals surface area (Å²) in [6.45, 7) is 0. The van der Waals surface area contributed by atoms with Gasteiger partial charge in [-0.15, -0.1) is 0 Å². The molecule has 0 aromatic heterocycles. The summed E-state index contributed by atoms with van der Waals surface area (Å²) in [7, 11) is 0. The summed E-state index contributed by atoms with van der Waals surface area (Å²) in [4.78, 5) is 11.2. The lowest BCUT2D eigenvalue weighted by atomic mass is 9.93. The van der Waals surface area contributed by atoms with E-state index in [1.54, 1.807) is 18.2 Å². The van der Waals surface area contributed by atoms with Gasteiger partial charge in [0.2, 0.25) is 0 Å². The van der Waals surface area contributed by atoms with Gasteiger partial charge in [-0.3, -0.25) is 0 Å². The summed E-state index contributed by atoms with van der Waals surface area (Å²) in [5.74, 6) is -0.924. The Balaban J connectivity index is 2.14. The molecule has 0 spiro atoms. The lowest BCUT2D eigenvalue weighted by Gasteiger charge is -2.11. The normalized spacial score (nSPS) is 10.4. The molecule has 0 saturated heterocycles. The fourth-order valence-electron chi connectivity index (χ4n) is 2.47. The van der Waals surface area contributed by atoms with Crippen molar-refractivity contribution in [3.05, 3.63) is 78.4 Å². The average Bonchev–Trinajstić information content (AvgIpc) is 2.56. The lowest BCUT2D eigenvalue weighted by molar-refractivity contribution is 0.0697. The molecule has 3 nitrogen and oxygen atoms in total. The Kier molecular flexibility index (Phi) is 3.62. The second kappa shape index (κ2) is 5.74. The molecule has 3 N–H and O–H groups in total. The zero-order valence-electron chi connectivity index (χ0n) is 11.9. The summed E-state index contributed by atoms with van der Waals surface area (Å²) in [6.07, 6.45) is 0. The summed E-state index contributed by atoms with van der Waals surface area (Å²) in [5.41, 5.74) is 10.7. The molecule has 3 aromatic rings. The van der Waals surface area contributed by atoms with Crippen molar-refractivity contribution in [3.8, 4) is 22.3 Å². The second-order valence-corrected chi connectivity index (χ2v) is 5.05. The summed E-state index contributed by atoms with van der Waals surface area (Å²) < 4.78 is 0. The van der Waals surface area contributed by atoms with Gasteiger partial charge < -0.3 is 10.8 Å². The van der Waals surface area contributed by atoms with E-state index in [2.05, 4.69) is 0 Å². The van der Waals surface area contributed by atoms with Crippen molar-refractivity contribution in [1.29, 1.82) is 0 Å². The summed E-state index contributed by atoms with van der Waals surface area (Å²) in [5, 5.41) is 9.16. The molecule has 0 fully saturated rings. The van der Waals surface area contributed by atoms with Crippen molar-refractivity contribution in [1.82, 2.24) is 0 Å². The highest BCUT2D eigenvalue weighted by Gasteiger charge is 2.09. The molecule has 3 aromatic carbocycles. The maximum Gasteiger partial charge on any atom is 0.335 e. The van der Waals surface area contributed by atoms with E-state index in [-0.39, 0.29) is 5.56 Å². The Morgan fingerprint density at radius 2 is 1.41 bits per heavy atom. The molecule has 22 heavy (non-hydrogen) atoms. The molecule has 0 aliphatic rings. The average molecular weight is 289 g/mol. The van der Waals surface area contributed by atoms with Crippen LogP contribution < -0.4 is 5.73 Å². The molecule has 0 bridgehead atoms. The van der Waals surface area contributed by atoms with Gasteiger partial charge in [-0.2, -0.15) is 0 Å². The zero-order chi connectivity index (χ0) is 15.5. The van der Waals surface area contributed by atoms with E-state index in [1.807, 2.05) is 54.6 Å². The van der Waals surface area contributed by atoms with Crippen LogP contribution in [-0.4, -0.2) is 11.1 Å².